The summed E-state index contributed by atoms with van der Waals surface area (Å²) < 4.78 is 12.3. The van der Waals surface area contributed by atoms with Gasteiger partial charge in [-0.15, -0.1) is 0 Å². The minimum atomic E-state index is 0.0630. The first-order chi connectivity index (χ1) is 30.8. The summed E-state index contributed by atoms with van der Waals surface area (Å²) in [5.41, 5.74) is 21.4. The number of rotatable bonds is 7. The highest BCUT2D eigenvalue weighted by Gasteiger charge is 2.47. The highest BCUT2D eigenvalue weighted by Crippen LogP contribution is 2.48. The second-order valence-corrected chi connectivity index (χ2v) is 20.1. The normalized spacial score (nSPS) is 16.0. The molecule has 0 radical (unpaired) electrons. The van der Waals surface area contributed by atoms with Gasteiger partial charge in [0.2, 0.25) is 17.1 Å². The lowest BCUT2D eigenvalue weighted by molar-refractivity contribution is -0.720. The zero-order valence-electron chi connectivity index (χ0n) is 39.5. The summed E-state index contributed by atoms with van der Waals surface area (Å²) in [6.45, 7) is 28.3. The van der Waals surface area contributed by atoms with Gasteiger partial charge in [0.1, 0.15) is 5.92 Å². The number of fused-ring (bicyclic) bond motifs is 13. The Labute approximate surface area is 380 Å². The van der Waals surface area contributed by atoms with Crippen LogP contribution in [0.5, 0.6) is 0 Å². The average molecular weight is 842 g/mol. The molecule has 2 unspecified atom stereocenters. The summed E-state index contributed by atoms with van der Waals surface area (Å²) in [7, 11) is 0. The molecule has 8 aromatic rings. The zero-order valence-corrected chi connectivity index (χ0v) is 39.5. The zero-order chi connectivity index (χ0) is 44.7. The summed E-state index contributed by atoms with van der Waals surface area (Å²) in [6, 6.07) is 40.8. The Morgan fingerprint density at radius 2 is 1.41 bits per heavy atom. The molecule has 4 aromatic carbocycles. The minimum absolute atomic E-state index is 0.0630. The summed E-state index contributed by atoms with van der Waals surface area (Å²) in [5.74, 6) is 2.01. The van der Waals surface area contributed by atoms with Gasteiger partial charge >= 0.3 is 0 Å². The largest absolute Gasteiger partial charge is 0.437 e. The second-order valence-electron chi connectivity index (χ2n) is 20.1. The lowest BCUT2D eigenvalue weighted by atomic mass is 9.78. The summed E-state index contributed by atoms with van der Waals surface area (Å²) in [4.78, 5) is 5.50. The molecular formula is C60H63N3O+2. The molecule has 0 spiro atoms. The highest BCUT2D eigenvalue weighted by atomic mass is 16.3. The van der Waals surface area contributed by atoms with Crippen LogP contribution in [0.2, 0.25) is 0 Å². The van der Waals surface area contributed by atoms with E-state index in [9.17, 15) is 0 Å². The first-order valence-corrected chi connectivity index (χ1v) is 23.8. The van der Waals surface area contributed by atoms with E-state index in [4.69, 9.17) is 16.0 Å². The van der Waals surface area contributed by atoms with Crippen molar-refractivity contribution in [1.29, 1.82) is 0 Å². The van der Waals surface area contributed by atoms with Crippen LogP contribution in [0.25, 0.3) is 72.7 Å². The fourth-order valence-electron chi connectivity index (χ4n) is 11.9. The number of nitrogens with zero attached hydrogens (tertiary/aromatic N) is 3. The minimum Gasteiger partial charge on any atom is -0.437 e. The Hall–Kier alpha value is -6.13. The Bertz CT molecular complexity index is 3120. The fraction of sp³-hybridized carbons (Fsp3) is 0.317. The molecule has 4 nitrogen and oxygen atoms in total. The van der Waals surface area contributed by atoms with Crippen molar-refractivity contribution in [2.75, 3.05) is 0 Å². The van der Waals surface area contributed by atoms with E-state index in [2.05, 4.69) is 200 Å². The second kappa shape index (κ2) is 16.1. The molecule has 0 saturated heterocycles. The fourth-order valence-corrected chi connectivity index (χ4v) is 11.9. The van der Waals surface area contributed by atoms with Crippen LogP contribution in [0.3, 0.4) is 0 Å². The molecule has 322 valence electrons. The predicted octanol–water partition coefficient (Wildman–Crippen LogP) is 15.2. The van der Waals surface area contributed by atoms with Gasteiger partial charge < -0.3 is 4.42 Å². The highest BCUT2D eigenvalue weighted by molar-refractivity contribution is 6.09. The first kappa shape index (κ1) is 41.9. The Morgan fingerprint density at radius 1 is 0.672 bits per heavy atom. The quantitative estimate of drug-likeness (QED) is 0.150. The molecule has 0 fully saturated rings. The van der Waals surface area contributed by atoms with E-state index >= 15 is 0 Å². The molecule has 4 aromatic heterocycles. The molecule has 4 heteroatoms. The van der Waals surface area contributed by atoms with Gasteiger partial charge in [-0.1, -0.05) is 128 Å². The number of hydrogen-bond donors (Lipinski definition) is 0. The molecule has 64 heavy (non-hydrogen) atoms. The van der Waals surface area contributed by atoms with Crippen molar-refractivity contribution in [3.8, 4) is 44.9 Å². The molecule has 0 saturated carbocycles. The first-order valence-electron chi connectivity index (χ1n) is 23.8. The van der Waals surface area contributed by atoms with Crippen molar-refractivity contribution in [3.05, 3.63) is 167 Å². The number of pyridine rings is 3. The number of hydrogen-bond acceptors (Lipinski definition) is 2. The van der Waals surface area contributed by atoms with Crippen molar-refractivity contribution >= 4 is 27.8 Å². The molecule has 2 aliphatic heterocycles. The van der Waals surface area contributed by atoms with E-state index in [1.165, 1.54) is 66.9 Å². The van der Waals surface area contributed by atoms with Crippen LogP contribution in [0, 0.1) is 25.7 Å². The van der Waals surface area contributed by atoms with Crippen LogP contribution in [0.15, 0.2) is 133 Å². The van der Waals surface area contributed by atoms with Gasteiger partial charge in [-0.2, -0.15) is 9.13 Å². The van der Waals surface area contributed by atoms with E-state index in [1.54, 1.807) is 0 Å². The van der Waals surface area contributed by atoms with Crippen molar-refractivity contribution < 1.29 is 13.6 Å². The van der Waals surface area contributed by atoms with Crippen molar-refractivity contribution in [2.24, 2.45) is 11.8 Å². The SMILES string of the molecule is C=C1C2c3ccccc3-c3ccc(C)c[n+]3C2CCc2ccc3c(oc4nc(-c5c(C(C)C)ccc(-c6ccccc6)c5C(C)C)ccc43)c2-c2cc(C)c(C(C(C)C)C(C)C)c[n+]21. The Morgan fingerprint density at radius 3 is 2.14 bits per heavy atom. The topological polar surface area (TPSA) is 33.8 Å². The molecule has 2 aliphatic rings. The van der Waals surface area contributed by atoms with Crippen LogP contribution in [0.4, 0.5) is 0 Å². The van der Waals surface area contributed by atoms with Gasteiger partial charge in [0.05, 0.1) is 16.8 Å². The van der Waals surface area contributed by atoms with Gasteiger partial charge in [-0.05, 0) is 120 Å². The van der Waals surface area contributed by atoms with E-state index in [0.717, 1.165) is 51.8 Å². The number of allylic oxidation sites excluding steroid dienone is 1. The standard InChI is InChI=1S/C60H63N3O/c1-34(2)43-25-26-44(41-17-13-12-14-18-41)55(37(7)8)58(43)50-28-27-48-47-24-22-42-23-30-52-56(46-20-16-15-19-45(46)51-29-21-38(9)32-63(51)52)40(11)62-33-49(54(35(3)4)36(5)6)39(10)31-53(62)57(42)59(47)64-60(48)61-50/h12-22,24-29,31-37,52,54,56H,11,23,30H2,1-10H3/q+2. The van der Waals surface area contributed by atoms with E-state index in [0.29, 0.717) is 29.4 Å². The maximum absolute atomic E-state index is 7.24. The van der Waals surface area contributed by atoms with E-state index in [-0.39, 0.29) is 17.9 Å². The molecule has 10 rings (SSSR count). The van der Waals surface area contributed by atoms with Crippen molar-refractivity contribution in [3.63, 3.8) is 0 Å². The Kier molecular flexibility index (Phi) is 10.6. The molecule has 0 aliphatic carbocycles. The van der Waals surface area contributed by atoms with Gasteiger partial charge in [0, 0.05) is 46.0 Å². The Balaban J connectivity index is 1.24. The number of furan rings is 1. The van der Waals surface area contributed by atoms with Crippen molar-refractivity contribution in [2.45, 2.75) is 112 Å². The molecule has 0 amide bonds. The van der Waals surface area contributed by atoms with Crippen LogP contribution in [-0.2, 0) is 6.42 Å². The van der Waals surface area contributed by atoms with E-state index in [1.807, 2.05) is 0 Å². The smallest absolute Gasteiger partial charge is 0.227 e. The number of benzene rings is 4. The van der Waals surface area contributed by atoms with Gasteiger partial charge in [-0.25, -0.2) is 4.98 Å². The molecule has 0 bridgehead atoms. The van der Waals surface area contributed by atoms with Crippen LogP contribution in [-0.4, -0.2) is 4.98 Å². The monoisotopic (exact) mass is 841 g/mol. The van der Waals surface area contributed by atoms with E-state index < -0.39 is 0 Å². The summed E-state index contributed by atoms with van der Waals surface area (Å²) >= 11 is 0. The van der Waals surface area contributed by atoms with Crippen LogP contribution in [0.1, 0.15) is 130 Å². The third-order valence-electron chi connectivity index (χ3n) is 14.6. The molecule has 6 heterocycles. The maximum Gasteiger partial charge on any atom is 0.227 e. The number of aromatic nitrogens is 3. The predicted molar refractivity (Wildman–Crippen MR) is 266 cm³/mol. The third-order valence-corrected chi connectivity index (χ3v) is 14.6. The maximum atomic E-state index is 7.24. The molecular weight excluding hydrogens is 779 g/mol. The van der Waals surface area contributed by atoms with Gasteiger partial charge in [-0.3, -0.25) is 0 Å². The molecule has 2 atom stereocenters. The van der Waals surface area contributed by atoms with Gasteiger partial charge in [0.25, 0.3) is 0 Å². The van der Waals surface area contributed by atoms with Crippen molar-refractivity contribution in [1.82, 2.24) is 4.98 Å². The summed E-state index contributed by atoms with van der Waals surface area (Å²) in [5, 5.41) is 2.14. The third kappa shape index (κ3) is 6.75. The lowest BCUT2D eigenvalue weighted by Crippen LogP contribution is -2.51. The molecule has 0 N–H and O–H groups in total. The van der Waals surface area contributed by atoms with Gasteiger partial charge in [0.15, 0.2) is 29.7 Å². The average Bonchev–Trinajstić information content (AvgIpc) is 3.66. The number of aryl methyl sites for hydroxylation is 3. The van der Waals surface area contributed by atoms with Crippen LogP contribution >= 0.6 is 0 Å². The lowest BCUT2D eigenvalue weighted by Gasteiger charge is -2.30. The van der Waals surface area contributed by atoms with Crippen LogP contribution < -0.4 is 9.13 Å². The summed E-state index contributed by atoms with van der Waals surface area (Å²) in [6.07, 6.45) is 6.67.